The molecule has 3 rings (SSSR count). The third-order valence-corrected chi connectivity index (χ3v) is 2.64. The number of halogens is 1. The summed E-state index contributed by atoms with van der Waals surface area (Å²) in [5, 5.41) is 11.7. The van der Waals surface area contributed by atoms with E-state index in [2.05, 4.69) is 22.3 Å². The number of benzene rings is 2. The Morgan fingerprint density at radius 2 is 1.67 bits per heavy atom. The van der Waals surface area contributed by atoms with Gasteiger partial charge in [0, 0.05) is 10.8 Å². The molecule has 2 nitrogen and oxygen atoms in total. The normalized spacial score (nSPS) is 11.0. The van der Waals surface area contributed by atoms with Gasteiger partial charge >= 0.3 is 0 Å². The van der Waals surface area contributed by atoms with Crippen LogP contribution in [0.3, 0.4) is 0 Å². The van der Waals surface area contributed by atoms with Crippen LogP contribution in [0.4, 0.5) is 0 Å². The van der Waals surface area contributed by atoms with Gasteiger partial charge in [-0.25, -0.2) is 0 Å². The summed E-state index contributed by atoms with van der Waals surface area (Å²) in [6.07, 6.45) is 0. The van der Waals surface area contributed by atoms with Gasteiger partial charge in [-0.2, -0.15) is 0 Å². The molecule has 0 unspecified atom stereocenters. The summed E-state index contributed by atoms with van der Waals surface area (Å²) in [6.45, 7) is 0. The molecule has 0 radical (unpaired) electrons. The van der Waals surface area contributed by atoms with Gasteiger partial charge in [-0.1, -0.05) is 48.0 Å². The fourth-order valence-electron chi connectivity index (χ4n) is 1.76. The van der Waals surface area contributed by atoms with E-state index in [1.165, 1.54) is 5.39 Å². The molecule has 0 bridgehead atoms. The fraction of sp³-hybridized carbons (Fsp3) is 0. The van der Waals surface area contributed by atoms with Crippen molar-refractivity contribution >= 4 is 33.3 Å². The maximum atomic E-state index is 5.80. The minimum Gasteiger partial charge on any atom is -0.148 e. The van der Waals surface area contributed by atoms with Crippen molar-refractivity contribution < 1.29 is 0 Å². The van der Waals surface area contributed by atoms with Crippen LogP contribution in [0, 0.1) is 0 Å². The Morgan fingerprint density at radius 1 is 0.867 bits per heavy atom. The van der Waals surface area contributed by atoms with Gasteiger partial charge in [-0.05, 0) is 11.5 Å². The van der Waals surface area contributed by atoms with Crippen LogP contribution in [0.5, 0.6) is 0 Å². The molecule has 0 saturated heterocycles. The predicted molar refractivity (Wildman–Crippen MR) is 62.1 cm³/mol. The molecule has 2 aromatic carbocycles. The van der Waals surface area contributed by atoms with Gasteiger partial charge in [0.15, 0.2) is 5.15 Å². The summed E-state index contributed by atoms with van der Waals surface area (Å²) in [4.78, 5) is 0. The van der Waals surface area contributed by atoms with Crippen LogP contribution >= 0.6 is 11.6 Å². The number of hydrogen-bond acceptors (Lipinski definition) is 2. The molecular formula is C12H7ClN2. The molecule has 1 heterocycles. The van der Waals surface area contributed by atoms with Gasteiger partial charge in [-0.15, -0.1) is 10.2 Å². The van der Waals surface area contributed by atoms with E-state index < -0.39 is 0 Å². The smallest absolute Gasteiger partial charge is 0.148 e. The van der Waals surface area contributed by atoms with Crippen LogP contribution in [-0.2, 0) is 0 Å². The molecule has 0 aliphatic rings. The quantitative estimate of drug-likeness (QED) is 0.536. The van der Waals surface area contributed by atoms with Crippen molar-refractivity contribution in [3.63, 3.8) is 0 Å². The number of rotatable bonds is 0. The van der Waals surface area contributed by atoms with Gasteiger partial charge < -0.3 is 0 Å². The highest BCUT2D eigenvalue weighted by Crippen LogP contribution is 2.23. The van der Waals surface area contributed by atoms with Gasteiger partial charge in [0.25, 0.3) is 0 Å². The molecular weight excluding hydrogens is 208 g/mol. The van der Waals surface area contributed by atoms with Gasteiger partial charge in [0.1, 0.15) is 5.52 Å². The van der Waals surface area contributed by atoms with Crippen molar-refractivity contribution in [2.75, 3.05) is 0 Å². The summed E-state index contributed by atoms with van der Waals surface area (Å²) in [6, 6.07) is 14.0. The molecule has 3 aromatic rings. The molecule has 15 heavy (non-hydrogen) atoms. The summed E-state index contributed by atoms with van der Waals surface area (Å²) in [5.74, 6) is 0. The summed E-state index contributed by atoms with van der Waals surface area (Å²) >= 11 is 5.80. The standard InChI is InChI=1S/C12H7ClN2/c13-11-7-9-6-5-8-3-1-2-4-10(8)12(9)15-14-11/h1-7H. The van der Waals surface area contributed by atoms with E-state index >= 15 is 0 Å². The first kappa shape index (κ1) is 8.62. The Hall–Kier alpha value is -1.67. The van der Waals surface area contributed by atoms with Crippen LogP contribution < -0.4 is 0 Å². The summed E-state index contributed by atoms with van der Waals surface area (Å²) in [7, 11) is 0. The highest BCUT2D eigenvalue weighted by atomic mass is 35.5. The van der Waals surface area contributed by atoms with E-state index in [9.17, 15) is 0 Å². The van der Waals surface area contributed by atoms with Crippen molar-refractivity contribution in [2.24, 2.45) is 0 Å². The van der Waals surface area contributed by atoms with E-state index in [-0.39, 0.29) is 0 Å². The lowest BCUT2D eigenvalue weighted by molar-refractivity contribution is 1.08. The SMILES string of the molecule is Clc1cc2ccc3ccccc3c2nn1. The number of hydrogen-bond donors (Lipinski definition) is 0. The largest absolute Gasteiger partial charge is 0.152 e. The molecule has 1 aromatic heterocycles. The van der Waals surface area contributed by atoms with Crippen LogP contribution in [-0.4, -0.2) is 10.2 Å². The van der Waals surface area contributed by atoms with E-state index in [1.54, 1.807) is 0 Å². The first-order valence-electron chi connectivity index (χ1n) is 4.65. The first-order chi connectivity index (χ1) is 7.34. The lowest BCUT2D eigenvalue weighted by Crippen LogP contribution is -1.85. The second-order valence-electron chi connectivity index (χ2n) is 3.39. The Balaban J connectivity index is 2.55. The zero-order valence-corrected chi connectivity index (χ0v) is 8.57. The van der Waals surface area contributed by atoms with E-state index in [0.717, 1.165) is 16.3 Å². The monoisotopic (exact) mass is 214 g/mol. The van der Waals surface area contributed by atoms with Crippen LogP contribution in [0.1, 0.15) is 0 Å². The molecule has 72 valence electrons. The van der Waals surface area contributed by atoms with E-state index in [1.807, 2.05) is 30.3 Å². The summed E-state index contributed by atoms with van der Waals surface area (Å²) < 4.78 is 0. The Morgan fingerprint density at radius 3 is 2.60 bits per heavy atom. The minimum atomic E-state index is 0.429. The molecule has 0 aliphatic carbocycles. The average molecular weight is 215 g/mol. The Labute approximate surface area is 91.5 Å². The molecule has 0 atom stereocenters. The third-order valence-electron chi connectivity index (χ3n) is 2.45. The summed E-state index contributed by atoms with van der Waals surface area (Å²) in [5.41, 5.74) is 0.900. The maximum absolute atomic E-state index is 5.80. The van der Waals surface area contributed by atoms with E-state index in [0.29, 0.717) is 5.15 Å². The minimum absolute atomic E-state index is 0.429. The van der Waals surface area contributed by atoms with Crippen molar-refractivity contribution in [1.82, 2.24) is 10.2 Å². The molecule has 0 fully saturated rings. The number of nitrogens with zero attached hydrogens (tertiary/aromatic N) is 2. The van der Waals surface area contributed by atoms with Gasteiger partial charge in [-0.3, -0.25) is 0 Å². The van der Waals surface area contributed by atoms with Crippen molar-refractivity contribution in [1.29, 1.82) is 0 Å². The number of aromatic nitrogens is 2. The predicted octanol–water partition coefficient (Wildman–Crippen LogP) is 3.44. The van der Waals surface area contributed by atoms with Crippen molar-refractivity contribution in [2.45, 2.75) is 0 Å². The molecule has 3 heteroatoms. The molecule has 0 N–H and O–H groups in total. The Bertz CT molecular complexity index is 649. The zero-order chi connectivity index (χ0) is 10.3. The third kappa shape index (κ3) is 1.34. The van der Waals surface area contributed by atoms with Crippen LogP contribution in [0.25, 0.3) is 21.7 Å². The van der Waals surface area contributed by atoms with Gasteiger partial charge in [0.2, 0.25) is 0 Å². The number of fused-ring (bicyclic) bond motifs is 3. The lowest BCUT2D eigenvalue weighted by atomic mass is 10.1. The fourth-order valence-corrected chi connectivity index (χ4v) is 1.91. The molecule has 0 saturated carbocycles. The second kappa shape index (κ2) is 3.17. The molecule has 0 aliphatic heterocycles. The van der Waals surface area contributed by atoms with Crippen molar-refractivity contribution in [3.05, 3.63) is 47.6 Å². The first-order valence-corrected chi connectivity index (χ1v) is 5.03. The van der Waals surface area contributed by atoms with Crippen molar-refractivity contribution in [3.8, 4) is 0 Å². The highest BCUT2D eigenvalue weighted by molar-refractivity contribution is 6.30. The van der Waals surface area contributed by atoms with Gasteiger partial charge in [0.05, 0.1) is 0 Å². The second-order valence-corrected chi connectivity index (χ2v) is 3.78. The lowest BCUT2D eigenvalue weighted by Gasteiger charge is -2.01. The molecule has 0 spiro atoms. The highest BCUT2D eigenvalue weighted by Gasteiger charge is 2.02. The zero-order valence-electron chi connectivity index (χ0n) is 7.81. The Kier molecular flexibility index (Phi) is 1.82. The average Bonchev–Trinajstić information content (AvgIpc) is 2.28. The topological polar surface area (TPSA) is 25.8 Å². The van der Waals surface area contributed by atoms with E-state index in [4.69, 9.17) is 11.6 Å². The van der Waals surface area contributed by atoms with Crippen LogP contribution in [0.15, 0.2) is 42.5 Å². The van der Waals surface area contributed by atoms with Crippen LogP contribution in [0.2, 0.25) is 5.15 Å². The maximum Gasteiger partial charge on any atom is 0.152 e. The molecule has 0 amide bonds.